The minimum atomic E-state index is -2.22. The molecular formula is C24H31N3O5S. The number of morpholine rings is 1. The molecule has 8 nitrogen and oxygen atoms in total. The van der Waals surface area contributed by atoms with Crippen molar-refractivity contribution in [3.8, 4) is 0 Å². The van der Waals surface area contributed by atoms with Gasteiger partial charge in [0.1, 0.15) is 6.10 Å². The third kappa shape index (κ3) is 4.58. The fraction of sp³-hybridized carbons (Fsp3) is 0.625. The minimum Gasteiger partial charge on any atom is -0.369 e. The summed E-state index contributed by atoms with van der Waals surface area (Å²) in [6, 6.07) is 7.48. The predicted octanol–water partition coefficient (Wildman–Crippen LogP) is 0.713. The second kappa shape index (κ2) is 8.85. The number of nitrogens with zero attached hydrogens (tertiary/aromatic N) is 1. The number of carbonyl (C=O) groups is 2. The van der Waals surface area contributed by atoms with E-state index in [-0.39, 0.29) is 23.3 Å². The smallest absolute Gasteiger partial charge is 0.250 e. The van der Waals surface area contributed by atoms with E-state index in [0.29, 0.717) is 43.0 Å². The molecule has 3 atom stereocenters. The highest BCUT2D eigenvalue weighted by atomic mass is 32.2. The monoisotopic (exact) mass is 473 g/mol. The average Bonchev–Trinajstić information content (AvgIpc) is 2.77. The Hall–Kier alpha value is -2.23. The molecule has 33 heavy (non-hydrogen) atoms. The normalized spacial score (nSPS) is 35.2. The van der Waals surface area contributed by atoms with Gasteiger partial charge in [-0.2, -0.15) is 8.42 Å². The fourth-order valence-corrected chi connectivity index (χ4v) is 7.27. The molecule has 0 radical (unpaired) electrons. The highest BCUT2D eigenvalue weighted by Crippen LogP contribution is 2.59. The second-order valence-electron chi connectivity index (χ2n) is 10.4. The number of hydrogen-bond acceptors (Lipinski definition) is 6. The molecule has 5 fully saturated rings. The molecule has 2 amide bonds. The quantitative estimate of drug-likeness (QED) is 0.588. The minimum absolute atomic E-state index is 0.0619. The van der Waals surface area contributed by atoms with E-state index in [1.165, 1.54) is 5.37 Å². The molecule has 1 saturated heterocycles. The van der Waals surface area contributed by atoms with Crippen molar-refractivity contribution in [3.05, 3.63) is 35.4 Å². The van der Waals surface area contributed by atoms with Crippen molar-refractivity contribution in [2.75, 3.05) is 19.7 Å². The van der Waals surface area contributed by atoms with Crippen molar-refractivity contribution in [2.24, 2.45) is 28.9 Å². The Morgan fingerprint density at radius 2 is 1.85 bits per heavy atom. The molecule has 1 aliphatic heterocycles. The van der Waals surface area contributed by atoms with E-state index in [0.717, 1.165) is 44.2 Å². The van der Waals surface area contributed by atoms with Crippen molar-refractivity contribution >= 4 is 27.5 Å². The molecule has 1 aromatic rings. The van der Waals surface area contributed by atoms with Crippen LogP contribution in [0.5, 0.6) is 0 Å². The van der Waals surface area contributed by atoms with Crippen LogP contribution in [0.1, 0.15) is 43.2 Å². The summed E-state index contributed by atoms with van der Waals surface area (Å²) in [6.07, 6.45) is 4.14. The molecule has 6 rings (SSSR count). The van der Waals surface area contributed by atoms with E-state index in [2.05, 4.69) is 10.2 Å². The first-order chi connectivity index (χ1) is 15.8. The van der Waals surface area contributed by atoms with E-state index in [4.69, 9.17) is 10.5 Å². The van der Waals surface area contributed by atoms with Gasteiger partial charge in [0.25, 0.3) is 5.91 Å². The highest BCUT2D eigenvalue weighted by molar-refractivity contribution is 7.71. The van der Waals surface area contributed by atoms with Crippen LogP contribution in [0.15, 0.2) is 24.3 Å². The summed E-state index contributed by atoms with van der Waals surface area (Å²) in [5.41, 5.74) is 7.12. The van der Waals surface area contributed by atoms with Crippen LogP contribution in [-0.4, -0.2) is 62.3 Å². The standard InChI is InChI=1S/C24H31N3O5S/c25-23(29)24-9-17-7-18(10-24)21(19(8-17)11-24)26-22(28)20-13-27(5-6-32-20)12-15-1-3-16(4-2-15)14-33(30)31/h1-4,14,17-21H,5-13H2,(H2,25,29)(H,26,28)/t17?,18?,19?,20-,21?,24?/m1/s1. The Labute approximate surface area is 195 Å². The lowest BCUT2D eigenvalue weighted by Gasteiger charge is -2.59. The maximum Gasteiger partial charge on any atom is 0.250 e. The molecule has 4 bridgehead atoms. The summed E-state index contributed by atoms with van der Waals surface area (Å²) >= 11 is 0. The number of carbonyl (C=O) groups excluding carboxylic acids is 2. The number of rotatable bonds is 6. The predicted molar refractivity (Wildman–Crippen MR) is 123 cm³/mol. The van der Waals surface area contributed by atoms with E-state index in [9.17, 15) is 18.0 Å². The lowest BCUT2D eigenvalue weighted by Crippen LogP contribution is -2.63. The largest absolute Gasteiger partial charge is 0.369 e. The van der Waals surface area contributed by atoms with Crippen LogP contribution in [-0.2, 0) is 31.2 Å². The molecule has 9 heteroatoms. The van der Waals surface area contributed by atoms with Gasteiger partial charge in [-0.15, -0.1) is 0 Å². The van der Waals surface area contributed by atoms with Gasteiger partial charge in [0, 0.05) is 31.1 Å². The van der Waals surface area contributed by atoms with Crippen LogP contribution in [0.2, 0.25) is 0 Å². The molecule has 4 aliphatic carbocycles. The van der Waals surface area contributed by atoms with Gasteiger partial charge in [-0.1, -0.05) is 24.3 Å². The summed E-state index contributed by atoms with van der Waals surface area (Å²) in [7, 11) is -2.22. The van der Waals surface area contributed by atoms with Crippen LogP contribution in [0.3, 0.4) is 0 Å². The topological polar surface area (TPSA) is 119 Å². The van der Waals surface area contributed by atoms with Crippen LogP contribution in [0, 0.1) is 23.2 Å². The molecule has 4 saturated carbocycles. The third-order valence-corrected chi connectivity index (χ3v) is 8.63. The van der Waals surface area contributed by atoms with Crippen molar-refractivity contribution in [2.45, 2.75) is 50.8 Å². The lowest BCUT2D eigenvalue weighted by molar-refractivity contribution is -0.151. The Kier molecular flexibility index (Phi) is 6.05. The second-order valence-corrected chi connectivity index (χ2v) is 11.1. The van der Waals surface area contributed by atoms with Crippen LogP contribution >= 0.6 is 0 Å². The number of nitrogens with two attached hydrogens (primary N) is 1. The third-order valence-electron chi connectivity index (χ3n) is 8.17. The van der Waals surface area contributed by atoms with Gasteiger partial charge in [0.2, 0.25) is 16.2 Å². The molecular weight excluding hydrogens is 442 g/mol. The molecule has 5 aliphatic rings. The molecule has 3 N–H and O–H groups in total. The van der Waals surface area contributed by atoms with Crippen LogP contribution in [0.25, 0.3) is 0 Å². The zero-order chi connectivity index (χ0) is 23.2. The number of nitrogens with one attached hydrogen (secondary N) is 1. The van der Waals surface area contributed by atoms with Gasteiger partial charge < -0.3 is 15.8 Å². The van der Waals surface area contributed by atoms with E-state index >= 15 is 0 Å². The first-order valence-electron chi connectivity index (χ1n) is 11.8. The first kappa shape index (κ1) is 22.6. The van der Waals surface area contributed by atoms with Gasteiger partial charge in [-0.25, -0.2) is 0 Å². The Morgan fingerprint density at radius 3 is 2.48 bits per heavy atom. The summed E-state index contributed by atoms with van der Waals surface area (Å²) in [5, 5.41) is 4.47. The molecule has 0 spiro atoms. The summed E-state index contributed by atoms with van der Waals surface area (Å²) in [4.78, 5) is 27.5. The number of amides is 2. The van der Waals surface area contributed by atoms with E-state index in [1.807, 2.05) is 12.1 Å². The molecule has 178 valence electrons. The Morgan fingerprint density at radius 1 is 1.15 bits per heavy atom. The number of benzene rings is 1. The zero-order valence-corrected chi connectivity index (χ0v) is 19.4. The van der Waals surface area contributed by atoms with Gasteiger partial charge in [-0.05, 0) is 61.0 Å². The van der Waals surface area contributed by atoms with E-state index in [1.54, 1.807) is 12.1 Å². The Balaban J connectivity index is 1.19. The Bertz CT molecular complexity index is 1050. The maximum absolute atomic E-state index is 13.1. The highest BCUT2D eigenvalue weighted by Gasteiger charge is 2.58. The van der Waals surface area contributed by atoms with Crippen molar-refractivity contribution < 1.29 is 22.7 Å². The van der Waals surface area contributed by atoms with Gasteiger partial charge >= 0.3 is 0 Å². The lowest BCUT2D eigenvalue weighted by atomic mass is 9.47. The van der Waals surface area contributed by atoms with Gasteiger partial charge in [0.15, 0.2) is 0 Å². The number of primary amides is 1. The molecule has 1 heterocycles. The molecule has 2 unspecified atom stereocenters. The van der Waals surface area contributed by atoms with Gasteiger partial charge in [0.05, 0.1) is 12.0 Å². The van der Waals surface area contributed by atoms with Crippen LogP contribution < -0.4 is 11.1 Å². The summed E-state index contributed by atoms with van der Waals surface area (Å²) in [5.74, 6) is 0.984. The van der Waals surface area contributed by atoms with E-state index < -0.39 is 16.4 Å². The van der Waals surface area contributed by atoms with Crippen molar-refractivity contribution in [1.29, 1.82) is 0 Å². The summed E-state index contributed by atoms with van der Waals surface area (Å²) in [6.45, 7) is 2.41. The number of ether oxygens (including phenoxy) is 1. The van der Waals surface area contributed by atoms with Crippen LogP contribution in [0.4, 0.5) is 0 Å². The SMILES string of the molecule is NC(=O)C12CC3CC(C1)C(NC(=O)[C@H]1CN(Cc4ccc(C=S(=O)=O)cc4)CCO1)C(C3)C2. The molecule has 1 aromatic carbocycles. The van der Waals surface area contributed by atoms with Crippen molar-refractivity contribution in [1.82, 2.24) is 10.2 Å². The van der Waals surface area contributed by atoms with Gasteiger partial charge in [-0.3, -0.25) is 14.5 Å². The number of hydrogen-bond donors (Lipinski definition) is 2. The summed E-state index contributed by atoms with van der Waals surface area (Å²) < 4.78 is 27.4. The fourth-order valence-electron chi connectivity index (χ4n) is 6.89. The zero-order valence-electron chi connectivity index (χ0n) is 18.6. The maximum atomic E-state index is 13.1. The average molecular weight is 474 g/mol. The van der Waals surface area contributed by atoms with Crippen molar-refractivity contribution in [3.63, 3.8) is 0 Å². The first-order valence-corrected chi connectivity index (χ1v) is 12.9. The molecule has 0 aromatic heterocycles.